The van der Waals surface area contributed by atoms with Crippen molar-refractivity contribution in [3.63, 3.8) is 0 Å². The first-order chi connectivity index (χ1) is 8.61. The van der Waals surface area contributed by atoms with Gasteiger partial charge in [0.1, 0.15) is 0 Å². The topological polar surface area (TPSA) is 23.5 Å². The average Bonchev–Trinajstić information content (AvgIpc) is 2.37. The van der Waals surface area contributed by atoms with E-state index in [0.29, 0.717) is 11.8 Å². The molecule has 2 heteroatoms. The predicted octanol–water partition coefficient (Wildman–Crippen LogP) is 3.09. The van der Waals surface area contributed by atoms with E-state index >= 15 is 0 Å². The molecule has 1 heterocycles. The van der Waals surface area contributed by atoms with Crippen molar-refractivity contribution in [2.24, 2.45) is 11.8 Å². The lowest BCUT2D eigenvalue weighted by Gasteiger charge is -2.37. The Kier molecular flexibility index (Phi) is 4.28. The zero-order valence-corrected chi connectivity index (χ0v) is 11.8. The number of β-amino-alcohol motifs (C(OH)–C–C–N with tert-alkyl or cyclic N) is 1. The fourth-order valence-corrected chi connectivity index (χ4v) is 2.76. The fourth-order valence-electron chi connectivity index (χ4n) is 2.76. The summed E-state index contributed by atoms with van der Waals surface area (Å²) in [5.41, 5.74) is 2.74. The maximum atomic E-state index is 10.2. The van der Waals surface area contributed by atoms with Crippen LogP contribution in [0.25, 0.3) is 0 Å². The summed E-state index contributed by atoms with van der Waals surface area (Å²) >= 11 is 0. The van der Waals surface area contributed by atoms with Crippen molar-refractivity contribution in [2.45, 2.75) is 39.7 Å². The molecule has 3 atom stereocenters. The van der Waals surface area contributed by atoms with Gasteiger partial charge in [-0.25, -0.2) is 0 Å². The third-order valence-electron chi connectivity index (χ3n) is 4.14. The monoisotopic (exact) mass is 247 g/mol. The van der Waals surface area contributed by atoms with Gasteiger partial charge in [0.15, 0.2) is 0 Å². The first kappa shape index (κ1) is 13.4. The second-order valence-electron chi connectivity index (χ2n) is 5.80. The number of para-hydroxylation sites is 1. The van der Waals surface area contributed by atoms with E-state index in [-0.39, 0.29) is 6.10 Å². The molecule has 0 bridgehead atoms. The van der Waals surface area contributed by atoms with Gasteiger partial charge < -0.3 is 10.0 Å². The quantitative estimate of drug-likeness (QED) is 0.884. The van der Waals surface area contributed by atoms with Gasteiger partial charge in [0, 0.05) is 18.8 Å². The van der Waals surface area contributed by atoms with E-state index in [0.717, 1.165) is 25.9 Å². The highest BCUT2D eigenvalue weighted by Gasteiger charge is 2.24. The van der Waals surface area contributed by atoms with E-state index in [1.54, 1.807) is 0 Å². The molecule has 0 spiro atoms. The van der Waals surface area contributed by atoms with Gasteiger partial charge in [-0.1, -0.05) is 45.4 Å². The third-order valence-corrected chi connectivity index (χ3v) is 4.14. The average molecular weight is 247 g/mol. The van der Waals surface area contributed by atoms with E-state index in [1.165, 1.54) is 11.3 Å². The Hall–Kier alpha value is -1.02. The molecule has 18 heavy (non-hydrogen) atoms. The summed E-state index contributed by atoms with van der Waals surface area (Å²) in [6.45, 7) is 8.38. The molecule has 1 aromatic rings. The second-order valence-corrected chi connectivity index (χ2v) is 5.80. The van der Waals surface area contributed by atoms with Gasteiger partial charge in [0.2, 0.25) is 0 Å². The first-order valence-corrected chi connectivity index (χ1v) is 7.12. The van der Waals surface area contributed by atoms with Crippen LogP contribution >= 0.6 is 0 Å². The normalized spacial score (nSPS) is 22.4. The second kappa shape index (κ2) is 5.75. The Balaban J connectivity index is 2.14. The molecule has 1 aliphatic heterocycles. The highest BCUT2D eigenvalue weighted by atomic mass is 16.3. The van der Waals surface area contributed by atoms with Crippen LogP contribution in [0.3, 0.4) is 0 Å². The summed E-state index contributed by atoms with van der Waals surface area (Å²) in [4.78, 5) is 2.36. The summed E-state index contributed by atoms with van der Waals surface area (Å²) in [5.74, 6) is 1.04. The van der Waals surface area contributed by atoms with Crippen molar-refractivity contribution in [1.29, 1.82) is 0 Å². The van der Waals surface area contributed by atoms with Crippen LogP contribution in [0.5, 0.6) is 0 Å². The highest BCUT2D eigenvalue weighted by molar-refractivity contribution is 5.55. The number of aliphatic hydroxyl groups is 1. The minimum atomic E-state index is -0.228. The van der Waals surface area contributed by atoms with Gasteiger partial charge in [-0.2, -0.15) is 0 Å². The molecule has 1 N–H and O–H groups in total. The molecule has 1 aliphatic rings. The Morgan fingerprint density at radius 2 is 2.11 bits per heavy atom. The van der Waals surface area contributed by atoms with Crippen LogP contribution in [0.2, 0.25) is 0 Å². The number of nitrogens with zero attached hydrogens (tertiary/aromatic N) is 1. The van der Waals surface area contributed by atoms with Gasteiger partial charge in [-0.3, -0.25) is 0 Å². The molecule has 0 aromatic heterocycles. The number of anilines is 1. The summed E-state index contributed by atoms with van der Waals surface area (Å²) in [7, 11) is 0. The molecular weight excluding hydrogens is 222 g/mol. The SMILES string of the molecule is CCC(C)C(O)CN1CC(C)Cc2ccccc21. The van der Waals surface area contributed by atoms with Crippen molar-refractivity contribution < 1.29 is 5.11 Å². The van der Waals surface area contributed by atoms with Crippen LogP contribution in [0, 0.1) is 11.8 Å². The molecule has 0 fully saturated rings. The van der Waals surface area contributed by atoms with Crippen LogP contribution in [0.1, 0.15) is 32.8 Å². The Morgan fingerprint density at radius 3 is 2.83 bits per heavy atom. The van der Waals surface area contributed by atoms with E-state index < -0.39 is 0 Å². The zero-order valence-electron chi connectivity index (χ0n) is 11.8. The summed E-state index contributed by atoms with van der Waals surface area (Å²) in [6.07, 6.45) is 1.96. The van der Waals surface area contributed by atoms with Crippen LogP contribution in [0.4, 0.5) is 5.69 Å². The lowest BCUT2D eigenvalue weighted by Crippen LogP contribution is -2.41. The van der Waals surface area contributed by atoms with E-state index in [1.807, 2.05) is 0 Å². The number of aliphatic hydroxyl groups excluding tert-OH is 1. The van der Waals surface area contributed by atoms with Crippen LogP contribution < -0.4 is 4.90 Å². The summed E-state index contributed by atoms with van der Waals surface area (Å²) in [6, 6.07) is 8.61. The fraction of sp³-hybridized carbons (Fsp3) is 0.625. The van der Waals surface area contributed by atoms with Gasteiger partial charge >= 0.3 is 0 Å². The molecular formula is C16H25NO. The van der Waals surface area contributed by atoms with Crippen LogP contribution in [-0.4, -0.2) is 24.3 Å². The van der Waals surface area contributed by atoms with Gasteiger partial charge in [0.25, 0.3) is 0 Å². The lowest BCUT2D eigenvalue weighted by atomic mass is 9.92. The summed E-state index contributed by atoms with van der Waals surface area (Å²) < 4.78 is 0. The molecule has 1 aromatic carbocycles. The van der Waals surface area contributed by atoms with E-state index in [4.69, 9.17) is 0 Å². The number of hydrogen-bond donors (Lipinski definition) is 1. The van der Waals surface area contributed by atoms with Crippen molar-refractivity contribution in [3.8, 4) is 0 Å². The van der Waals surface area contributed by atoms with Crippen molar-refractivity contribution >= 4 is 5.69 Å². The maximum Gasteiger partial charge on any atom is 0.0740 e. The molecule has 0 aliphatic carbocycles. The number of fused-ring (bicyclic) bond motifs is 1. The van der Waals surface area contributed by atoms with E-state index in [2.05, 4.69) is 49.9 Å². The lowest BCUT2D eigenvalue weighted by molar-refractivity contribution is 0.119. The van der Waals surface area contributed by atoms with Crippen LogP contribution in [-0.2, 0) is 6.42 Å². The smallest absolute Gasteiger partial charge is 0.0740 e. The molecule has 100 valence electrons. The number of benzene rings is 1. The molecule has 2 rings (SSSR count). The van der Waals surface area contributed by atoms with Crippen molar-refractivity contribution in [3.05, 3.63) is 29.8 Å². The Morgan fingerprint density at radius 1 is 1.39 bits per heavy atom. The van der Waals surface area contributed by atoms with Crippen molar-refractivity contribution in [2.75, 3.05) is 18.0 Å². The first-order valence-electron chi connectivity index (χ1n) is 7.12. The standard InChI is InChI=1S/C16H25NO/c1-4-13(3)16(18)11-17-10-12(2)9-14-7-5-6-8-15(14)17/h5-8,12-13,16,18H,4,9-11H2,1-3H3. The number of hydrogen-bond acceptors (Lipinski definition) is 2. The Bertz CT molecular complexity index is 390. The molecule has 2 nitrogen and oxygen atoms in total. The minimum Gasteiger partial charge on any atom is -0.391 e. The molecule has 0 saturated heterocycles. The van der Waals surface area contributed by atoms with E-state index in [9.17, 15) is 5.11 Å². The molecule has 3 unspecified atom stereocenters. The van der Waals surface area contributed by atoms with Crippen molar-refractivity contribution in [1.82, 2.24) is 0 Å². The van der Waals surface area contributed by atoms with Gasteiger partial charge in [-0.15, -0.1) is 0 Å². The zero-order chi connectivity index (χ0) is 13.1. The highest BCUT2D eigenvalue weighted by Crippen LogP contribution is 2.29. The predicted molar refractivity (Wildman–Crippen MR) is 77.0 cm³/mol. The number of rotatable bonds is 4. The largest absolute Gasteiger partial charge is 0.391 e. The third kappa shape index (κ3) is 2.86. The van der Waals surface area contributed by atoms with Crippen LogP contribution in [0.15, 0.2) is 24.3 Å². The minimum absolute atomic E-state index is 0.228. The molecule has 0 radical (unpaired) electrons. The van der Waals surface area contributed by atoms with Gasteiger partial charge in [-0.05, 0) is 29.9 Å². The molecule has 0 saturated carbocycles. The Labute approximate surface area is 111 Å². The van der Waals surface area contributed by atoms with Gasteiger partial charge in [0.05, 0.1) is 6.10 Å². The summed E-state index contributed by atoms with van der Waals surface area (Å²) in [5, 5.41) is 10.2. The maximum absolute atomic E-state index is 10.2. The molecule has 0 amide bonds.